The van der Waals surface area contributed by atoms with Gasteiger partial charge >= 0.3 is 0 Å². The Bertz CT molecular complexity index is 564. The lowest BCUT2D eigenvalue weighted by molar-refractivity contribution is 0.447. The first-order valence-corrected chi connectivity index (χ1v) is 8.32. The van der Waals surface area contributed by atoms with Crippen molar-refractivity contribution in [2.45, 2.75) is 37.0 Å². The van der Waals surface area contributed by atoms with Crippen molar-refractivity contribution in [1.29, 1.82) is 0 Å². The largest absolute Gasteiger partial charge is 0.245 e. The molecule has 0 N–H and O–H groups in total. The normalized spacial score (nSPS) is 12.1. The molecule has 0 aliphatic rings. The van der Waals surface area contributed by atoms with Crippen LogP contribution in [0.2, 0.25) is 0 Å². The van der Waals surface area contributed by atoms with Crippen molar-refractivity contribution >= 4 is 21.6 Å². The van der Waals surface area contributed by atoms with E-state index in [0.29, 0.717) is 13.0 Å². The van der Waals surface area contributed by atoms with Gasteiger partial charge in [0.05, 0.1) is 5.88 Å². The number of halogens is 3. The molecular formula is C13H18ClF2NO2S. The average molecular weight is 326 g/mol. The molecule has 20 heavy (non-hydrogen) atoms. The fraction of sp³-hybridized carbons (Fsp3) is 0.538. The maximum atomic E-state index is 14.0. The minimum absolute atomic E-state index is 0.295. The Morgan fingerprint density at radius 1 is 1.25 bits per heavy atom. The van der Waals surface area contributed by atoms with E-state index in [1.807, 2.05) is 6.92 Å². The highest BCUT2D eigenvalue weighted by Crippen LogP contribution is 2.24. The molecule has 1 aromatic carbocycles. The van der Waals surface area contributed by atoms with Gasteiger partial charge in [-0.1, -0.05) is 19.8 Å². The molecule has 0 fully saturated rings. The number of benzene rings is 1. The summed E-state index contributed by atoms with van der Waals surface area (Å²) in [4.78, 5) is -0.534. The lowest BCUT2D eigenvalue weighted by Gasteiger charge is -2.18. The Morgan fingerprint density at radius 3 is 2.45 bits per heavy atom. The molecule has 0 bridgehead atoms. The number of sulfonamides is 1. The number of unbranched alkanes of at least 4 members (excludes halogenated alkanes) is 2. The molecule has 0 unspecified atom stereocenters. The van der Waals surface area contributed by atoms with Crippen LogP contribution in [0.3, 0.4) is 0 Å². The summed E-state index contributed by atoms with van der Waals surface area (Å²) in [5.41, 5.74) is -0.422. The molecule has 0 aliphatic carbocycles. The SMILES string of the molecule is CCCCCN(C)S(=O)(=O)c1ccc(F)c(CCl)c1F. The highest BCUT2D eigenvalue weighted by Gasteiger charge is 2.26. The van der Waals surface area contributed by atoms with E-state index in [4.69, 9.17) is 11.6 Å². The Kier molecular flexibility index (Phi) is 6.36. The van der Waals surface area contributed by atoms with E-state index in [-0.39, 0.29) is 0 Å². The van der Waals surface area contributed by atoms with Crippen LogP contribution in [-0.4, -0.2) is 26.3 Å². The number of hydrogen-bond acceptors (Lipinski definition) is 2. The third-order valence-corrected chi connectivity index (χ3v) is 5.19. The van der Waals surface area contributed by atoms with E-state index in [1.54, 1.807) is 0 Å². The second-order valence-corrected chi connectivity index (χ2v) is 6.79. The van der Waals surface area contributed by atoms with E-state index >= 15 is 0 Å². The molecule has 0 aliphatic heterocycles. The van der Waals surface area contributed by atoms with Gasteiger partial charge in [-0.05, 0) is 18.6 Å². The van der Waals surface area contributed by atoms with Gasteiger partial charge in [0, 0.05) is 19.2 Å². The van der Waals surface area contributed by atoms with Crippen LogP contribution in [0.5, 0.6) is 0 Å². The van der Waals surface area contributed by atoms with E-state index < -0.39 is 38.0 Å². The summed E-state index contributed by atoms with van der Waals surface area (Å²) in [6, 6.07) is 1.86. The summed E-state index contributed by atoms with van der Waals surface area (Å²) in [6.07, 6.45) is 2.53. The molecule has 1 aromatic rings. The average Bonchev–Trinajstić information content (AvgIpc) is 2.39. The Hall–Kier alpha value is -0.720. The van der Waals surface area contributed by atoms with Gasteiger partial charge in [-0.2, -0.15) is 0 Å². The van der Waals surface area contributed by atoms with E-state index in [9.17, 15) is 17.2 Å². The number of nitrogens with zero attached hydrogens (tertiary/aromatic N) is 1. The predicted octanol–water partition coefficient (Wildman–Crippen LogP) is 3.51. The number of alkyl halides is 1. The lowest BCUT2D eigenvalue weighted by atomic mass is 10.2. The van der Waals surface area contributed by atoms with Crippen LogP contribution >= 0.6 is 11.6 Å². The fourth-order valence-corrected chi connectivity index (χ4v) is 3.31. The predicted molar refractivity (Wildman–Crippen MR) is 75.3 cm³/mol. The summed E-state index contributed by atoms with van der Waals surface area (Å²) in [5, 5.41) is 0. The van der Waals surface area contributed by atoms with Crippen molar-refractivity contribution in [3.05, 3.63) is 29.3 Å². The summed E-state index contributed by atoms with van der Waals surface area (Å²) >= 11 is 5.45. The molecule has 114 valence electrons. The molecule has 0 aromatic heterocycles. The van der Waals surface area contributed by atoms with Crippen LogP contribution in [0.25, 0.3) is 0 Å². The highest BCUT2D eigenvalue weighted by molar-refractivity contribution is 7.89. The van der Waals surface area contributed by atoms with Crippen molar-refractivity contribution in [3.63, 3.8) is 0 Å². The monoisotopic (exact) mass is 325 g/mol. The van der Waals surface area contributed by atoms with Crippen LogP contribution in [0.4, 0.5) is 8.78 Å². The summed E-state index contributed by atoms with van der Waals surface area (Å²) in [5.74, 6) is -2.37. The second-order valence-electron chi connectivity index (χ2n) is 4.51. The first-order chi connectivity index (χ1) is 9.36. The number of rotatable bonds is 7. The molecule has 7 heteroatoms. The third-order valence-electron chi connectivity index (χ3n) is 3.05. The Labute approximate surface area is 123 Å². The fourth-order valence-electron chi connectivity index (χ4n) is 1.77. The van der Waals surface area contributed by atoms with Gasteiger partial charge in [0.15, 0.2) is 5.82 Å². The van der Waals surface area contributed by atoms with E-state index in [2.05, 4.69) is 0 Å². The summed E-state index contributed by atoms with van der Waals surface area (Å²) in [6.45, 7) is 2.30. The molecular weight excluding hydrogens is 308 g/mol. The van der Waals surface area contributed by atoms with Gasteiger partial charge in [-0.25, -0.2) is 21.5 Å². The molecule has 3 nitrogen and oxygen atoms in total. The molecule has 0 amide bonds. The quantitative estimate of drug-likeness (QED) is 0.568. The van der Waals surface area contributed by atoms with Crippen LogP contribution in [0, 0.1) is 11.6 Å². The molecule has 0 saturated heterocycles. The molecule has 0 heterocycles. The third kappa shape index (κ3) is 3.68. The van der Waals surface area contributed by atoms with Crippen molar-refractivity contribution in [2.75, 3.05) is 13.6 Å². The Morgan fingerprint density at radius 2 is 1.90 bits per heavy atom. The Balaban J connectivity index is 3.10. The zero-order valence-corrected chi connectivity index (χ0v) is 13.1. The zero-order valence-electron chi connectivity index (χ0n) is 11.5. The van der Waals surface area contributed by atoms with Gasteiger partial charge in [-0.3, -0.25) is 0 Å². The van der Waals surface area contributed by atoms with Crippen molar-refractivity contribution in [2.24, 2.45) is 0 Å². The van der Waals surface area contributed by atoms with Crippen LogP contribution < -0.4 is 0 Å². The number of hydrogen-bond donors (Lipinski definition) is 0. The van der Waals surface area contributed by atoms with Crippen LogP contribution in [0.15, 0.2) is 17.0 Å². The lowest BCUT2D eigenvalue weighted by Crippen LogP contribution is -2.29. The minimum Gasteiger partial charge on any atom is -0.207 e. The van der Waals surface area contributed by atoms with Gasteiger partial charge in [0.1, 0.15) is 10.7 Å². The second kappa shape index (κ2) is 7.33. The zero-order chi connectivity index (χ0) is 15.3. The van der Waals surface area contributed by atoms with Crippen molar-refractivity contribution in [1.82, 2.24) is 4.31 Å². The van der Waals surface area contributed by atoms with Crippen molar-refractivity contribution < 1.29 is 17.2 Å². The van der Waals surface area contributed by atoms with E-state index in [1.165, 1.54) is 7.05 Å². The summed E-state index contributed by atoms with van der Waals surface area (Å²) in [7, 11) is -2.58. The summed E-state index contributed by atoms with van der Waals surface area (Å²) < 4.78 is 53.0. The van der Waals surface area contributed by atoms with Crippen LogP contribution in [-0.2, 0) is 15.9 Å². The molecule has 1 rings (SSSR count). The topological polar surface area (TPSA) is 37.4 Å². The van der Waals surface area contributed by atoms with E-state index in [0.717, 1.165) is 29.3 Å². The molecule has 0 radical (unpaired) electrons. The smallest absolute Gasteiger partial charge is 0.207 e. The highest BCUT2D eigenvalue weighted by atomic mass is 35.5. The van der Waals surface area contributed by atoms with Crippen molar-refractivity contribution in [3.8, 4) is 0 Å². The maximum Gasteiger partial charge on any atom is 0.245 e. The molecule has 0 spiro atoms. The maximum absolute atomic E-state index is 14.0. The first kappa shape index (κ1) is 17.3. The standard InChI is InChI=1S/C13H18ClF2NO2S/c1-3-4-5-8-17(2)20(18,19)12-7-6-11(15)10(9-14)13(12)16/h6-7H,3-5,8-9H2,1-2H3. The van der Waals surface area contributed by atoms with Crippen LogP contribution in [0.1, 0.15) is 31.7 Å². The van der Waals surface area contributed by atoms with Gasteiger partial charge in [-0.15, -0.1) is 11.6 Å². The molecule has 0 atom stereocenters. The van der Waals surface area contributed by atoms with Gasteiger partial charge in [0.25, 0.3) is 0 Å². The van der Waals surface area contributed by atoms with Gasteiger partial charge in [0.2, 0.25) is 10.0 Å². The minimum atomic E-state index is -3.97. The van der Waals surface area contributed by atoms with Gasteiger partial charge < -0.3 is 0 Å². The first-order valence-electron chi connectivity index (χ1n) is 6.35. The molecule has 0 saturated carbocycles.